The van der Waals surface area contributed by atoms with Crippen LogP contribution in [-0.4, -0.2) is 60.3 Å². The molecule has 2 fully saturated rings. The molecular formula is C33H32ClFN6O4. The number of benzene rings is 2. The molecule has 0 amide bonds. The SMILES string of the molecule is CCn1cncc1Cn1c(CN2C[C@@H]3[C@H](C2)[C@@H]3c2cccc(OCc3ccc(Cl)cc3F)n2)nc2c(OC)cc(C(=O)O)cc21. The Morgan fingerprint density at radius 3 is 2.67 bits per heavy atom. The number of carboxylic acids is 1. The molecular weight excluding hydrogens is 599 g/mol. The van der Waals surface area contributed by atoms with Crippen molar-refractivity contribution in [1.29, 1.82) is 0 Å². The lowest BCUT2D eigenvalue weighted by Crippen LogP contribution is -2.26. The number of piperidine rings is 1. The number of carbonyl (C=O) groups is 1. The Balaban J connectivity index is 1.08. The van der Waals surface area contributed by atoms with Gasteiger partial charge < -0.3 is 23.7 Å². The average Bonchev–Trinajstić information content (AvgIpc) is 3.36. The fourth-order valence-electron chi connectivity index (χ4n) is 6.61. The third kappa shape index (κ3) is 5.62. The van der Waals surface area contributed by atoms with Crippen molar-refractivity contribution in [3.8, 4) is 11.6 Å². The van der Waals surface area contributed by atoms with Crippen molar-refractivity contribution in [2.75, 3.05) is 20.2 Å². The molecule has 2 aliphatic rings. The largest absolute Gasteiger partial charge is 0.494 e. The molecule has 10 nitrogen and oxygen atoms in total. The molecule has 1 aliphatic heterocycles. The topological polar surface area (TPSA) is 108 Å². The van der Waals surface area contributed by atoms with Crippen LogP contribution in [0, 0.1) is 17.7 Å². The molecule has 1 saturated heterocycles. The van der Waals surface area contributed by atoms with E-state index in [1.54, 1.807) is 30.6 Å². The molecule has 4 heterocycles. The third-order valence-corrected chi connectivity index (χ3v) is 9.17. The van der Waals surface area contributed by atoms with E-state index in [-0.39, 0.29) is 12.2 Å². The van der Waals surface area contributed by atoms with Gasteiger partial charge in [0.1, 0.15) is 29.5 Å². The normalized spacial score (nSPS) is 19.2. The van der Waals surface area contributed by atoms with E-state index in [1.807, 2.05) is 18.3 Å². The van der Waals surface area contributed by atoms with Crippen LogP contribution in [0.15, 0.2) is 61.1 Å². The van der Waals surface area contributed by atoms with Crippen molar-refractivity contribution in [2.45, 2.75) is 39.1 Å². The van der Waals surface area contributed by atoms with Gasteiger partial charge in [-0.2, -0.15) is 0 Å². The maximum absolute atomic E-state index is 14.2. The van der Waals surface area contributed by atoms with E-state index in [9.17, 15) is 14.3 Å². The second kappa shape index (κ2) is 11.8. The lowest BCUT2D eigenvalue weighted by molar-refractivity contribution is 0.0696. The van der Waals surface area contributed by atoms with Crippen molar-refractivity contribution < 1.29 is 23.8 Å². The first-order chi connectivity index (χ1) is 21.8. The molecule has 45 heavy (non-hydrogen) atoms. The molecule has 3 atom stereocenters. The summed E-state index contributed by atoms with van der Waals surface area (Å²) in [6.45, 7) is 5.82. The van der Waals surface area contributed by atoms with Crippen LogP contribution in [0.2, 0.25) is 5.02 Å². The van der Waals surface area contributed by atoms with Gasteiger partial charge in [0.25, 0.3) is 0 Å². The minimum absolute atomic E-state index is 0.0730. The molecule has 2 aromatic carbocycles. The van der Waals surface area contributed by atoms with E-state index in [0.717, 1.165) is 36.8 Å². The zero-order valence-corrected chi connectivity index (χ0v) is 25.6. The number of ether oxygens (including phenoxy) is 2. The van der Waals surface area contributed by atoms with Gasteiger partial charge in [-0.15, -0.1) is 0 Å². The highest BCUT2D eigenvalue weighted by atomic mass is 35.5. The summed E-state index contributed by atoms with van der Waals surface area (Å²) >= 11 is 5.86. The first kappa shape index (κ1) is 29.2. The van der Waals surface area contributed by atoms with Crippen molar-refractivity contribution in [3.63, 3.8) is 0 Å². The van der Waals surface area contributed by atoms with Gasteiger partial charge in [0.2, 0.25) is 5.88 Å². The highest BCUT2D eigenvalue weighted by Crippen LogP contribution is 2.58. The van der Waals surface area contributed by atoms with Crippen molar-refractivity contribution >= 4 is 28.6 Å². The van der Waals surface area contributed by atoms with Gasteiger partial charge in [-0.25, -0.2) is 24.1 Å². The molecule has 0 spiro atoms. The molecule has 232 valence electrons. The predicted molar refractivity (Wildman–Crippen MR) is 165 cm³/mol. The van der Waals surface area contributed by atoms with Gasteiger partial charge in [-0.1, -0.05) is 23.7 Å². The summed E-state index contributed by atoms with van der Waals surface area (Å²) in [6.07, 6.45) is 3.64. The average molecular weight is 631 g/mol. The van der Waals surface area contributed by atoms with E-state index in [4.69, 9.17) is 31.0 Å². The van der Waals surface area contributed by atoms with Crippen LogP contribution >= 0.6 is 11.6 Å². The van der Waals surface area contributed by atoms with Crippen LogP contribution in [0.5, 0.6) is 11.6 Å². The van der Waals surface area contributed by atoms with Crippen molar-refractivity contribution in [3.05, 3.63) is 100 Å². The van der Waals surface area contributed by atoms with E-state index >= 15 is 0 Å². The number of imidazole rings is 2. The van der Waals surface area contributed by atoms with E-state index < -0.39 is 11.8 Å². The van der Waals surface area contributed by atoms with Crippen molar-refractivity contribution in [1.82, 2.24) is 29.0 Å². The summed E-state index contributed by atoms with van der Waals surface area (Å²) in [4.78, 5) is 28.4. The first-order valence-electron chi connectivity index (χ1n) is 14.9. The van der Waals surface area contributed by atoms with Gasteiger partial charge in [0, 0.05) is 54.1 Å². The maximum atomic E-state index is 14.2. The fraction of sp³-hybridized carbons (Fsp3) is 0.333. The Morgan fingerprint density at radius 1 is 1.11 bits per heavy atom. The zero-order chi connectivity index (χ0) is 31.2. The van der Waals surface area contributed by atoms with Gasteiger partial charge in [-0.3, -0.25) is 4.90 Å². The van der Waals surface area contributed by atoms with Crippen LogP contribution in [0.25, 0.3) is 11.0 Å². The summed E-state index contributed by atoms with van der Waals surface area (Å²) < 4.78 is 29.7. The summed E-state index contributed by atoms with van der Waals surface area (Å²) in [5.41, 5.74) is 3.93. The lowest BCUT2D eigenvalue weighted by atomic mass is 10.1. The molecule has 0 bridgehead atoms. The van der Waals surface area contributed by atoms with Crippen LogP contribution in [0.1, 0.15) is 46.0 Å². The Labute approximate surface area is 264 Å². The number of aromatic carboxylic acids is 1. The molecule has 0 unspecified atom stereocenters. The Kier molecular flexibility index (Phi) is 7.66. The molecule has 0 radical (unpaired) electrons. The molecule has 1 aliphatic carbocycles. The number of methoxy groups -OCH3 is 1. The number of fused-ring (bicyclic) bond motifs is 2. The monoisotopic (exact) mass is 630 g/mol. The Morgan fingerprint density at radius 2 is 1.93 bits per heavy atom. The maximum Gasteiger partial charge on any atom is 0.335 e. The number of hydrogen-bond donors (Lipinski definition) is 1. The van der Waals surface area contributed by atoms with Crippen LogP contribution in [-0.2, 0) is 26.2 Å². The van der Waals surface area contributed by atoms with E-state index in [2.05, 4.69) is 25.9 Å². The number of nitrogens with zero attached hydrogens (tertiary/aromatic N) is 6. The van der Waals surface area contributed by atoms with E-state index in [0.29, 0.717) is 64.1 Å². The number of hydrogen-bond acceptors (Lipinski definition) is 7. The Bertz CT molecular complexity index is 1900. The number of halogens is 2. The molecule has 1 saturated carbocycles. The highest BCUT2D eigenvalue weighted by molar-refractivity contribution is 6.30. The molecule has 12 heteroatoms. The van der Waals surface area contributed by atoms with Crippen LogP contribution < -0.4 is 9.47 Å². The summed E-state index contributed by atoms with van der Waals surface area (Å²) in [7, 11) is 1.53. The summed E-state index contributed by atoms with van der Waals surface area (Å²) in [5.74, 6) is 1.60. The third-order valence-electron chi connectivity index (χ3n) is 8.94. The van der Waals surface area contributed by atoms with Gasteiger partial charge >= 0.3 is 5.97 Å². The minimum Gasteiger partial charge on any atom is -0.494 e. The first-order valence-corrected chi connectivity index (χ1v) is 15.3. The van der Waals surface area contributed by atoms with E-state index in [1.165, 1.54) is 19.2 Å². The molecule has 1 N–H and O–H groups in total. The number of aryl methyl sites for hydroxylation is 1. The number of aromatic nitrogens is 5. The summed E-state index contributed by atoms with van der Waals surface area (Å²) in [5, 5.41) is 10.1. The number of likely N-dealkylation sites (tertiary alicyclic amines) is 1. The predicted octanol–water partition coefficient (Wildman–Crippen LogP) is 5.62. The van der Waals surface area contributed by atoms with Gasteiger partial charge in [0.15, 0.2) is 0 Å². The number of pyridine rings is 1. The Hall–Kier alpha value is -4.48. The second-order valence-corrected chi connectivity index (χ2v) is 12.0. The van der Waals surface area contributed by atoms with Crippen LogP contribution in [0.4, 0.5) is 4.39 Å². The van der Waals surface area contributed by atoms with Crippen LogP contribution in [0.3, 0.4) is 0 Å². The molecule has 3 aromatic heterocycles. The minimum atomic E-state index is -1.02. The standard InChI is InChI=1S/C33H32ClFN6O4/c1-3-40-18-36-12-22(40)13-41-27-9-20(33(42)43)10-28(44-2)32(27)38-29(41)16-39-14-23-24(15-39)31(23)26-5-4-6-30(37-26)45-17-19-7-8-21(34)11-25(19)35/h4-12,18,23-24,31H,3,13-17H2,1-2H3,(H,42,43)/t23-,24+,31-. The molecule has 5 aromatic rings. The quantitative estimate of drug-likeness (QED) is 0.200. The number of carboxylic acid groups (broad SMARTS) is 1. The summed E-state index contributed by atoms with van der Waals surface area (Å²) in [6, 6.07) is 13.5. The zero-order valence-electron chi connectivity index (χ0n) is 24.9. The van der Waals surface area contributed by atoms with Crippen molar-refractivity contribution in [2.24, 2.45) is 11.8 Å². The fourth-order valence-corrected chi connectivity index (χ4v) is 6.77. The lowest BCUT2D eigenvalue weighted by Gasteiger charge is -2.20. The molecule has 7 rings (SSSR count). The van der Waals surface area contributed by atoms with Gasteiger partial charge in [-0.05, 0) is 49.1 Å². The second-order valence-electron chi connectivity index (χ2n) is 11.6. The van der Waals surface area contributed by atoms with Gasteiger partial charge in [0.05, 0.1) is 43.3 Å². The number of rotatable bonds is 11. The smallest absolute Gasteiger partial charge is 0.335 e. The highest BCUT2D eigenvalue weighted by Gasteiger charge is 2.57.